The van der Waals surface area contributed by atoms with E-state index in [0.717, 1.165) is 12.5 Å². The lowest BCUT2D eigenvalue weighted by molar-refractivity contribution is 0.162. The summed E-state index contributed by atoms with van der Waals surface area (Å²) in [7, 11) is 0. The highest BCUT2D eigenvalue weighted by atomic mass is 15.1. The van der Waals surface area contributed by atoms with Crippen molar-refractivity contribution in [3.63, 3.8) is 0 Å². The van der Waals surface area contributed by atoms with E-state index in [9.17, 15) is 0 Å². The van der Waals surface area contributed by atoms with Gasteiger partial charge in [0.2, 0.25) is 0 Å². The predicted molar refractivity (Wildman–Crippen MR) is 77.4 cm³/mol. The van der Waals surface area contributed by atoms with Crippen molar-refractivity contribution >= 4 is 0 Å². The molecule has 18 heavy (non-hydrogen) atoms. The first kappa shape index (κ1) is 13.6. The van der Waals surface area contributed by atoms with Gasteiger partial charge in [0.15, 0.2) is 0 Å². The van der Waals surface area contributed by atoms with E-state index >= 15 is 0 Å². The zero-order chi connectivity index (χ0) is 13.0. The van der Waals surface area contributed by atoms with Crippen LogP contribution >= 0.6 is 0 Å². The molecule has 2 nitrogen and oxygen atoms in total. The van der Waals surface area contributed by atoms with Crippen molar-refractivity contribution in [3.8, 4) is 0 Å². The van der Waals surface area contributed by atoms with Crippen LogP contribution in [0.2, 0.25) is 0 Å². The molecule has 0 amide bonds. The van der Waals surface area contributed by atoms with Gasteiger partial charge in [-0.15, -0.1) is 0 Å². The Morgan fingerprint density at radius 2 is 1.83 bits per heavy atom. The highest BCUT2D eigenvalue weighted by Crippen LogP contribution is 2.22. The van der Waals surface area contributed by atoms with Gasteiger partial charge in [-0.25, -0.2) is 0 Å². The Morgan fingerprint density at radius 1 is 1.22 bits per heavy atom. The first-order valence-corrected chi connectivity index (χ1v) is 7.19. The second kappa shape index (κ2) is 6.35. The summed E-state index contributed by atoms with van der Waals surface area (Å²) in [6, 6.07) is 10.6. The Bertz CT molecular complexity index is 341. The lowest BCUT2D eigenvalue weighted by Crippen LogP contribution is -2.38. The van der Waals surface area contributed by atoms with Crippen LogP contribution in [-0.2, 0) is 0 Å². The Hall–Kier alpha value is -0.860. The summed E-state index contributed by atoms with van der Waals surface area (Å²) in [5.74, 6) is 1.42. The minimum Gasteiger partial charge on any atom is -0.324 e. The molecule has 1 aromatic carbocycles. The third-order valence-electron chi connectivity index (χ3n) is 4.22. The molecule has 0 aromatic heterocycles. The van der Waals surface area contributed by atoms with Crippen molar-refractivity contribution in [2.75, 3.05) is 19.6 Å². The van der Waals surface area contributed by atoms with E-state index < -0.39 is 0 Å². The van der Waals surface area contributed by atoms with Crippen LogP contribution in [-0.4, -0.2) is 24.5 Å². The topological polar surface area (TPSA) is 29.3 Å². The van der Waals surface area contributed by atoms with Crippen molar-refractivity contribution in [3.05, 3.63) is 35.9 Å². The maximum absolute atomic E-state index is 6.36. The van der Waals surface area contributed by atoms with Crippen LogP contribution < -0.4 is 5.73 Å². The average molecular weight is 246 g/mol. The lowest BCUT2D eigenvalue weighted by Gasteiger charge is -2.33. The van der Waals surface area contributed by atoms with E-state index in [0.29, 0.717) is 5.92 Å². The van der Waals surface area contributed by atoms with Gasteiger partial charge in [-0.1, -0.05) is 44.2 Å². The van der Waals surface area contributed by atoms with E-state index in [1.807, 2.05) is 6.07 Å². The maximum atomic E-state index is 6.36. The molecule has 0 radical (unpaired) electrons. The maximum Gasteiger partial charge on any atom is 0.0333 e. The molecule has 1 saturated heterocycles. The van der Waals surface area contributed by atoms with Crippen molar-refractivity contribution in [1.29, 1.82) is 0 Å². The molecule has 100 valence electrons. The van der Waals surface area contributed by atoms with Gasteiger partial charge in [0, 0.05) is 12.6 Å². The van der Waals surface area contributed by atoms with Crippen LogP contribution in [0, 0.1) is 11.8 Å². The summed E-state index contributed by atoms with van der Waals surface area (Å²) in [5, 5.41) is 0. The van der Waals surface area contributed by atoms with Crippen LogP contribution in [0.5, 0.6) is 0 Å². The van der Waals surface area contributed by atoms with Crippen LogP contribution in [0.3, 0.4) is 0 Å². The lowest BCUT2D eigenvalue weighted by atomic mass is 9.93. The molecule has 1 fully saturated rings. The SMILES string of the molecule is CC1CCN(C[C@H](C)[C@@H](N)c2ccccc2)CC1. The smallest absolute Gasteiger partial charge is 0.0333 e. The molecule has 2 atom stereocenters. The molecule has 2 heteroatoms. The first-order valence-electron chi connectivity index (χ1n) is 7.19. The number of likely N-dealkylation sites (tertiary alicyclic amines) is 1. The Labute approximate surface area is 111 Å². The van der Waals surface area contributed by atoms with E-state index in [1.54, 1.807) is 0 Å². The molecule has 1 heterocycles. The molecule has 0 aliphatic carbocycles. The van der Waals surface area contributed by atoms with Gasteiger partial charge in [-0.05, 0) is 43.3 Å². The summed E-state index contributed by atoms with van der Waals surface area (Å²) in [6.07, 6.45) is 2.68. The average Bonchev–Trinajstić information content (AvgIpc) is 2.41. The molecular weight excluding hydrogens is 220 g/mol. The number of nitrogens with zero attached hydrogens (tertiary/aromatic N) is 1. The van der Waals surface area contributed by atoms with Crippen molar-refractivity contribution in [2.24, 2.45) is 17.6 Å². The van der Waals surface area contributed by atoms with E-state index in [4.69, 9.17) is 5.73 Å². The fourth-order valence-electron chi connectivity index (χ4n) is 2.77. The Kier molecular flexibility index (Phi) is 4.79. The number of piperidine rings is 1. The van der Waals surface area contributed by atoms with Gasteiger partial charge < -0.3 is 10.6 Å². The largest absolute Gasteiger partial charge is 0.324 e. The highest BCUT2D eigenvalue weighted by molar-refractivity contribution is 5.19. The predicted octanol–water partition coefficient (Wildman–Crippen LogP) is 3.05. The van der Waals surface area contributed by atoms with Gasteiger partial charge >= 0.3 is 0 Å². The number of hydrogen-bond acceptors (Lipinski definition) is 2. The molecule has 1 aliphatic heterocycles. The third-order valence-corrected chi connectivity index (χ3v) is 4.22. The highest BCUT2D eigenvalue weighted by Gasteiger charge is 2.21. The van der Waals surface area contributed by atoms with Crippen molar-refractivity contribution in [2.45, 2.75) is 32.7 Å². The van der Waals surface area contributed by atoms with E-state index in [1.165, 1.54) is 31.5 Å². The van der Waals surface area contributed by atoms with Crippen LogP contribution in [0.25, 0.3) is 0 Å². The molecule has 1 aromatic rings. The van der Waals surface area contributed by atoms with Gasteiger partial charge in [0.1, 0.15) is 0 Å². The van der Waals surface area contributed by atoms with Gasteiger partial charge in [0.05, 0.1) is 0 Å². The van der Waals surface area contributed by atoms with Gasteiger partial charge in [-0.2, -0.15) is 0 Å². The Morgan fingerprint density at radius 3 is 2.44 bits per heavy atom. The van der Waals surface area contributed by atoms with Crippen LogP contribution in [0.1, 0.15) is 38.3 Å². The van der Waals surface area contributed by atoms with Crippen LogP contribution in [0.4, 0.5) is 0 Å². The second-order valence-corrected chi connectivity index (χ2v) is 5.90. The normalized spacial score (nSPS) is 21.7. The molecule has 0 spiro atoms. The minimum atomic E-state index is 0.158. The van der Waals surface area contributed by atoms with Gasteiger partial charge in [0.25, 0.3) is 0 Å². The van der Waals surface area contributed by atoms with Crippen molar-refractivity contribution < 1.29 is 0 Å². The molecular formula is C16H26N2. The fourth-order valence-corrected chi connectivity index (χ4v) is 2.77. The summed E-state index contributed by atoms with van der Waals surface area (Å²) in [5.41, 5.74) is 7.62. The minimum absolute atomic E-state index is 0.158. The summed E-state index contributed by atoms with van der Waals surface area (Å²) in [4.78, 5) is 2.58. The quantitative estimate of drug-likeness (QED) is 0.884. The zero-order valence-electron chi connectivity index (χ0n) is 11.7. The third kappa shape index (κ3) is 3.56. The fraction of sp³-hybridized carbons (Fsp3) is 0.625. The Balaban J connectivity index is 1.86. The number of rotatable bonds is 4. The molecule has 2 N–H and O–H groups in total. The number of nitrogens with two attached hydrogens (primary N) is 1. The zero-order valence-corrected chi connectivity index (χ0v) is 11.7. The van der Waals surface area contributed by atoms with Crippen molar-refractivity contribution in [1.82, 2.24) is 4.90 Å². The molecule has 0 bridgehead atoms. The molecule has 0 saturated carbocycles. The van der Waals surface area contributed by atoms with E-state index in [2.05, 4.69) is 43.0 Å². The molecule has 2 rings (SSSR count). The summed E-state index contributed by atoms with van der Waals surface area (Å²) >= 11 is 0. The number of benzene rings is 1. The molecule has 1 aliphatic rings. The first-order chi connectivity index (χ1) is 8.66. The monoisotopic (exact) mass is 246 g/mol. The summed E-state index contributed by atoms with van der Waals surface area (Å²) in [6.45, 7) is 8.25. The number of hydrogen-bond donors (Lipinski definition) is 1. The molecule has 0 unspecified atom stereocenters. The van der Waals surface area contributed by atoms with Crippen LogP contribution in [0.15, 0.2) is 30.3 Å². The standard InChI is InChI=1S/C16H26N2/c1-13-8-10-18(11-9-13)12-14(2)16(17)15-6-4-3-5-7-15/h3-7,13-14,16H,8-12,17H2,1-2H3/t14-,16+/m0/s1. The van der Waals surface area contributed by atoms with Gasteiger partial charge in [-0.3, -0.25) is 0 Å². The summed E-state index contributed by atoms with van der Waals surface area (Å²) < 4.78 is 0. The van der Waals surface area contributed by atoms with E-state index in [-0.39, 0.29) is 6.04 Å². The second-order valence-electron chi connectivity index (χ2n) is 5.90.